The summed E-state index contributed by atoms with van der Waals surface area (Å²) in [6.07, 6.45) is 10.6. The van der Waals surface area contributed by atoms with Crippen molar-refractivity contribution in [3.63, 3.8) is 0 Å². The van der Waals surface area contributed by atoms with Crippen LogP contribution in [0, 0.1) is 11.8 Å². The minimum atomic E-state index is -3.14. The van der Waals surface area contributed by atoms with Gasteiger partial charge in [-0.05, 0) is 98.2 Å². The number of benzene rings is 2. The number of fused-ring (bicyclic) bond motifs is 4. The van der Waals surface area contributed by atoms with E-state index in [0.717, 1.165) is 61.7 Å². The van der Waals surface area contributed by atoms with E-state index < -0.39 is 15.6 Å². The second-order valence-electron chi connectivity index (χ2n) is 13.0. The number of halogens is 1. The van der Waals surface area contributed by atoms with E-state index >= 15 is 0 Å². The van der Waals surface area contributed by atoms with Crippen molar-refractivity contribution >= 4 is 38.7 Å². The number of ether oxygens (including phenoxy) is 3. The molecule has 2 bridgehead atoms. The number of carbonyl (C=O) groups is 2. The topological polar surface area (TPSA) is 94.5 Å². The van der Waals surface area contributed by atoms with E-state index in [1.54, 1.807) is 13.2 Å². The molecule has 242 valence electrons. The highest BCUT2D eigenvalue weighted by Crippen LogP contribution is 2.47. The van der Waals surface area contributed by atoms with Gasteiger partial charge in [-0.15, -0.1) is 0 Å². The highest BCUT2D eigenvalue weighted by Gasteiger charge is 2.44. The number of methoxy groups -OCH3 is 2. The Morgan fingerprint density at radius 1 is 1.18 bits per heavy atom. The normalized spacial score (nSPS) is 30.6. The number of allylic oxidation sites excluding steroid dienone is 1. The Morgan fingerprint density at radius 2 is 2.04 bits per heavy atom. The number of anilines is 1. The maximum absolute atomic E-state index is 14.0. The molecule has 8 nitrogen and oxygen atoms in total. The zero-order valence-electron chi connectivity index (χ0n) is 26.2. The number of Topliss-reactive ketones (excluding diaryl/α,β-unsaturated/α-hetero) is 1. The lowest BCUT2D eigenvalue weighted by Crippen LogP contribution is -2.49. The molecule has 0 saturated heterocycles. The van der Waals surface area contributed by atoms with E-state index in [-0.39, 0.29) is 35.4 Å². The predicted octanol–water partition coefficient (Wildman–Crippen LogP) is 6.03. The summed E-state index contributed by atoms with van der Waals surface area (Å²) in [4.78, 5) is 28.6. The van der Waals surface area contributed by atoms with Crippen molar-refractivity contribution in [1.29, 1.82) is 0 Å². The van der Waals surface area contributed by atoms with Crippen LogP contribution in [0.4, 0.5) is 5.69 Å². The van der Waals surface area contributed by atoms with Crippen LogP contribution in [0.25, 0.3) is 0 Å². The fourth-order valence-corrected chi connectivity index (χ4v) is 9.75. The molecule has 0 radical (unpaired) electrons. The molecular weight excluding hydrogens is 612 g/mol. The molecule has 0 N–H and O–H groups in total. The van der Waals surface area contributed by atoms with E-state index in [4.69, 9.17) is 25.8 Å². The molecule has 1 saturated carbocycles. The summed E-state index contributed by atoms with van der Waals surface area (Å²) in [7, 11) is 0.0466. The van der Waals surface area contributed by atoms with Gasteiger partial charge in [0.25, 0.3) is 5.91 Å². The minimum absolute atomic E-state index is 0.0175. The van der Waals surface area contributed by atoms with Crippen LogP contribution < -0.4 is 9.64 Å². The first kappa shape index (κ1) is 32.2. The van der Waals surface area contributed by atoms with E-state index in [1.807, 2.05) is 18.2 Å². The lowest BCUT2D eigenvalue weighted by Gasteiger charge is -2.46. The molecule has 2 aliphatic heterocycles. The standard InChI is InChI=1S/C35H43ClN2O6S/c1-42-20-28(39)21-45(41)16-5-3-4-8-32(43-2)29-12-9-26(29)19-38-22-35(15-6-7-24-17-27(36)11-13-30(24)35)23-44-33-14-10-25(18-31(33)38)34(40)37-45/h4,8,10-11,13-14,17-18,26,29,32H,3,5-7,9,12,15-16,19-23H2,1-2H3/b8-4+/t26-,29+,32-,35-,45-/m0/s1. The number of nitrogens with zero attached hydrogens (tertiary/aromatic N) is 2. The van der Waals surface area contributed by atoms with Crippen molar-refractivity contribution in [3.8, 4) is 5.75 Å². The summed E-state index contributed by atoms with van der Waals surface area (Å²) < 4.78 is 35.8. The van der Waals surface area contributed by atoms with E-state index in [2.05, 4.69) is 33.5 Å². The average molecular weight is 655 g/mol. The molecule has 6 rings (SSSR count). The third-order valence-electron chi connectivity index (χ3n) is 10.0. The summed E-state index contributed by atoms with van der Waals surface area (Å²) >= 11 is 6.42. The molecule has 0 unspecified atom stereocenters. The Bertz CT molecular complexity index is 1600. The van der Waals surface area contributed by atoms with Crippen LogP contribution >= 0.6 is 11.6 Å². The molecule has 5 atom stereocenters. The number of amides is 1. The minimum Gasteiger partial charge on any atom is -0.490 e. The van der Waals surface area contributed by atoms with Crippen molar-refractivity contribution in [2.45, 2.75) is 56.5 Å². The lowest BCUT2D eigenvalue weighted by atomic mass is 9.68. The van der Waals surface area contributed by atoms with Gasteiger partial charge in [0.15, 0.2) is 5.78 Å². The molecule has 10 heteroatoms. The molecule has 2 aromatic rings. The molecule has 1 fully saturated rings. The van der Waals surface area contributed by atoms with E-state index in [0.29, 0.717) is 36.8 Å². The summed E-state index contributed by atoms with van der Waals surface area (Å²) in [6.45, 7) is 1.90. The largest absolute Gasteiger partial charge is 0.490 e. The molecule has 2 aromatic carbocycles. The van der Waals surface area contributed by atoms with Gasteiger partial charge < -0.3 is 19.1 Å². The van der Waals surface area contributed by atoms with E-state index in [9.17, 15) is 13.8 Å². The van der Waals surface area contributed by atoms with Crippen LogP contribution in [0.1, 0.15) is 60.0 Å². The van der Waals surface area contributed by atoms with Gasteiger partial charge in [-0.2, -0.15) is 4.36 Å². The molecule has 2 heterocycles. The SMILES string of the molecule is COCC(=O)C[S@]1(=O)=NC(=O)c2ccc3c(c2)N(C[C@@H]2CC[C@H]2[C@@H](OC)/C=C/CCC1)C[C@@]1(CCCc2cc(Cl)ccc21)CO3. The first-order chi connectivity index (χ1) is 21.7. The van der Waals surface area contributed by atoms with E-state index in [1.165, 1.54) is 18.2 Å². The van der Waals surface area contributed by atoms with Crippen molar-refractivity contribution in [2.75, 3.05) is 56.9 Å². The molecule has 45 heavy (non-hydrogen) atoms. The zero-order valence-corrected chi connectivity index (χ0v) is 27.7. The molecular formula is C35H43ClN2O6S. The van der Waals surface area contributed by atoms with Gasteiger partial charge in [0.1, 0.15) is 12.4 Å². The average Bonchev–Trinajstić information content (AvgIpc) is 3.14. The first-order valence-corrected chi connectivity index (χ1v) is 18.2. The predicted molar refractivity (Wildman–Crippen MR) is 177 cm³/mol. The van der Waals surface area contributed by atoms with Crippen LogP contribution in [-0.4, -0.2) is 74.0 Å². The molecule has 1 spiro atoms. The van der Waals surface area contributed by atoms with Crippen LogP contribution in [0.5, 0.6) is 5.75 Å². The summed E-state index contributed by atoms with van der Waals surface area (Å²) in [6, 6.07) is 11.6. The van der Waals surface area contributed by atoms with Gasteiger partial charge in [-0.3, -0.25) is 9.59 Å². The third-order valence-corrected chi connectivity index (χ3v) is 12.4. The summed E-state index contributed by atoms with van der Waals surface area (Å²) in [5.41, 5.74) is 3.51. The Kier molecular flexibility index (Phi) is 9.71. The molecule has 4 aliphatic rings. The van der Waals surface area contributed by atoms with Crippen molar-refractivity contribution in [3.05, 3.63) is 70.3 Å². The van der Waals surface area contributed by atoms with Crippen LogP contribution in [-0.2, 0) is 35.8 Å². The fraction of sp³-hybridized carbons (Fsp3) is 0.543. The van der Waals surface area contributed by atoms with Gasteiger partial charge in [-0.25, -0.2) is 4.21 Å². The zero-order chi connectivity index (χ0) is 31.6. The van der Waals surface area contributed by atoms with Crippen molar-refractivity contribution in [2.24, 2.45) is 16.2 Å². The number of ketones is 1. The maximum atomic E-state index is 14.0. The van der Waals surface area contributed by atoms with Gasteiger partial charge >= 0.3 is 0 Å². The summed E-state index contributed by atoms with van der Waals surface area (Å²) in [5, 5.41) is 0.747. The third kappa shape index (κ3) is 6.87. The molecule has 1 amide bonds. The number of aryl methyl sites for hydroxylation is 1. The van der Waals surface area contributed by atoms with Crippen LogP contribution in [0.3, 0.4) is 0 Å². The fourth-order valence-electron chi connectivity index (χ4n) is 7.65. The quantitative estimate of drug-likeness (QED) is 0.364. The van der Waals surface area contributed by atoms with Gasteiger partial charge in [0.05, 0.1) is 33.9 Å². The number of hydrogen-bond acceptors (Lipinski definition) is 7. The Morgan fingerprint density at radius 3 is 2.82 bits per heavy atom. The monoisotopic (exact) mass is 654 g/mol. The first-order valence-electron chi connectivity index (χ1n) is 16.0. The molecule has 2 aliphatic carbocycles. The van der Waals surface area contributed by atoms with Gasteiger partial charge in [0, 0.05) is 49.1 Å². The number of hydrogen-bond donors (Lipinski definition) is 0. The number of carbonyl (C=O) groups excluding carboxylic acids is 2. The Balaban J connectivity index is 1.43. The number of rotatable bonds is 5. The van der Waals surface area contributed by atoms with Crippen LogP contribution in [0.2, 0.25) is 5.02 Å². The Hall–Kier alpha value is -2.72. The smallest absolute Gasteiger partial charge is 0.285 e. The van der Waals surface area contributed by atoms with Gasteiger partial charge in [0.2, 0.25) is 0 Å². The lowest BCUT2D eigenvalue weighted by molar-refractivity contribution is -0.120. The van der Waals surface area contributed by atoms with Gasteiger partial charge in [-0.1, -0.05) is 29.8 Å². The highest BCUT2D eigenvalue weighted by atomic mass is 35.5. The maximum Gasteiger partial charge on any atom is 0.285 e. The highest BCUT2D eigenvalue weighted by molar-refractivity contribution is 7.94. The van der Waals surface area contributed by atoms with Crippen LogP contribution in [0.15, 0.2) is 52.9 Å². The Labute approximate surface area is 271 Å². The summed E-state index contributed by atoms with van der Waals surface area (Å²) in [5.74, 6) is 0.435. The van der Waals surface area contributed by atoms with Crippen molar-refractivity contribution < 1.29 is 28.0 Å². The molecule has 0 aromatic heterocycles. The van der Waals surface area contributed by atoms with Crippen molar-refractivity contribution in [1.82, 2.24) is 0 Å². The second-order valence-corrected chi connectivity index (χ2v) is 15.9. The second kappa shape index (κ2) is 13.6.